The summed E-state index contributed by atoms with van der Waals surface area (Å²) in [5.41, 5.74) is 7.35. The lowest BCUT2D eigenvalue weighted by Crippen LogP contribution is -2.42. The molecule has 1 aromatic carbocycles. The third-order valence-electron chi connectivity index (χ3n) is 3.28. The van der Waals surface area contributed by atoms with Crippen molar-refractivity contribution in [1.82, 2.24) is 4.98 Å². The van der Waals surface area contributed by atoms with Gasteiger partial charge in [-0.25, -0.2) is 4.57 Å². The van der Waals surface area contributed by atoms with E-state index in [1.807, 2.05) is 32.2 Å². The SMILES string of the molecule is CCOCc1c[n+](CC(=O)c2ccc(Br)cc2)c(C)nc1N. The zero-order valence-electron chi connectivity index (χ0n) is 12.7. The average Bonchev–Trinajstić information content (AvgIpc) is 2.49. The molecule has 0 saturated carbocycles. The molecule has 0 aliphatic rings. The van der Waals surface area contributed by atoms with Crippen molar-refractivity contribution in [3.63, 3.8) is 0 Å². The summed E-state index contributed by atoms with van der Waals surface area (Å²) >= 11 is 3.36. The molecule has 5 nitrogen and oxygen atoms in total. The highest BCUT2D eigenvalue weighted by molar-refractivity contribution is 9.10. The first-order chi connectivity index (χ1) is 10.5. The maximum atomic E-state index is 12.4. The molecule has 22 heavy (non-hydrogen) atoms. The third-order valence-corrected chi connectivity index (χ3v) is 3.81. The monoisotopic (exact) mass is 364 g/mol. The van der Waals surface area contributed by atoms with Crippen LogP contribution in [0.3, 0.4) is 0 Å². The molecule has 0 aliphatic carbocycles. The highest BCUT2D eigenvalue weighted by atomic mass is 79.9. The molecule has 0 aliphatic heterocycles. The van der Waals surface area contributed by atoms with Gasteiger partial charge in [-0.1, -0.05) is 28.1 Å². The molecule has 0 spiro atoms. The Morgan fingerprint density at radius 1 is 1.36 bits per heavy atom. The Bertz CT molecular complexity index is 672. The van der Waals surface area contributed by atoms with E-state index >= 15 is 0 Å². The summed E-state index contributed by atoms with van der Waals surface area (Å²) < 4.78 is 8.12. The number of aromatic nitrogens is 2. The fourth-order valence-electron chi connectivity index (χ4n) is 2.02. The van der Waals surface area contributed by atoms with Gasteiger partial charge >= 0.3 is 0 Å². The topological polar surface area (TPSA) is 69.1 Å². The smallest absolute Gasteiger partial charge is 0.298 e. The normalized spacial score (nSPS) is 10.7. The summed E-state index contributed by atoms with van der Waals surface area (Å²) in [6, 6.07) is 7.31. The van der Waals surface area contributed by atoms with Gasteiger partial charge in [0.15, 0.2) is 6.54 Å². The number of nitrogens with zero attached hydrogens (tertiary/aromatic N) is 2. The Balaban J connectivity index is 2.21. The Labute approximate surface area is 138 Å². The molecule has 0 saturated heterocycles. The van der Waals surface area contributed by atoms with Gasteiger partial charge in [0.1, 0.15) is 6.20 Å². The summed E-state index contributed by atoms with van der Waals surface area (Å²) in [4.78, 5) is 16.6. The van der Waals surface area contributed by atoms with Crippen LogP contribution in [0, 0.1) is 6.92 Å². The van der Waals surface area contributed by atoms with Crippen molar-refractivity contribution in [1.29, 1.82) is 0 Å². The lowest BCUT2D eigenvalue weighted by Gasteiger charge is -2.06. The number of ketones is 1. The number of Topliss-reactive ketones (excluding diaryl/α,β-unsaturated/α-hetero) is 1. The zero-order valence-corrected chi connectivity index (χ0v) is 14.3. The van der Waals surface area contributed by atoms with Gasteiger partial charge in [-0.2, -0.15) is 0 Å². The van der Waals surface area contributed by atoms with E-state index in [4.69, 9.17) is 10.5 Å². The molecule has 2 aromatic rings. The van der Waals surface area contributed by atoms with Crippen LogP contribution in [0.1, 0.15) is 28.7 Å². The lowest BCUT2D eigenvalue weighted by atomic mass is 10.1. The van der Waals surface area contributed by atoms with Crippen LogP contribution in [0.15, 0.2) is 34.9 Å². The molecular formula is C16H19BrN3O2+. The minimum absolute atomic E-state index is 0.0227. The number of carbonyl (C=O) groups is 1. The van der Waals surface area contributed by atoms with E-state index in [1.165, 1.54) is 0 Å². The van der Waals surface area contributed by atoms with Crippen LogP contribution in [0.25, 0.3) is 0 Å². The summed E-state index contributed by atoms with van der Waals surface area (Å²) in [6.07, 6.45) is 1.84. The molecule has 6 heteroatoms. The molecule has 0 amide bonds. The van der Waals surface area contributed by atoms with Gasteiger partial charge in [-0.15, -0.1) is 0 Å². The molecule has 0 atom stereocenters. The van der Waals surface area contributed by atoms with E-state index in [0.29, 0.717) is 30.4 Å². The number of halogens is 1. The van der Waals surface area contributed by atoms with Crippen LogP contribution in [-0.4, -0.2) is 17.4 Å². The van der Waals surface area contributed by atoms with Crippen molar-refractivity contribution in [2.45, 2.75) is 27.0 Å². The Kier molecular flexibility index (Phi) is 5.63. The number of hydrogen-bond acceptors (Lipinski definition) is 4. The van der Waals surface area contributed by atoms with Crippen LogP contribution >= 0.6 is 15.9 Å². The number of carbonyl (C=O) groups excluding carboxylic acids is 1. The summed E-state index contributed by atoms with van der Waals surface area (Å²) in [6.45, 7) is 4.96. The highest BCUT2D eigenvalue weighted by Crippen LogP contribution is 2.12. The minimum Gasteiger partial charge on any atom is -0.377 e. The fraction of sp³-hybridized carbons (Fsp3) is 0.312. The molecule has 2 rings (SSSR count). The summed E-state index contributed by atoms with van der Waals surface area (Å²) in [7, 11) is 0. The number of anilines is 1. The Morgan fingerprint density at radius 2 is 2.05 bits per heavy atom. The first-order valence-corrected chi connectivity index (χ1v) is 7.82. The van der Waals surface area contributed by atoms with Gasteiger partial charge in [0.2, 0.25) is 11.6 Å². The number of hydrogen-bond donors (Lipinski definition) is 1. The number of rotatable bonds is 6. The van der Waals surface area contributed by atoms with Gasteiger partial charge in [-0.3, -0.25) is 4.79 Å². The molecule has 1 heterocycles. The van der Waals surface area contributed by atoms with Crippen LogP contribution in [0.4, 0.5) is 5.82 Å². The van der Waals surface area contributed by atoms with E-state index in [1.54, 1.807) is 16.7 Å². The van der Waals surface area contributed by atoms with Crippen molar-refractivity contribution in [2.75, 3.05) is 12.3 Å². The zero-order chi connectivity index (χ0) is 16.1. The maximum absolute atomic E-state index is 12.4. The van der Waals surface area contributed by atoms with E-state index < -0.39 is 0 Å². The van der Waals surface area contributed by atoms with Gasteiger partial charge < -0.3 is 10.5 Å². The molecule has 1 aromatic heterocycles. The van der Waals surface area contributed by atoms with Crippen LogP contribution in [-0.2, 0) is 17.9 Å². The highest BCUT2D eigenvalue weighted by Gasteiger charge is 2.18. The van der Waals surface area contributed by atoms with Crippen molar-refractivity contribution >= 4 is 27.5 Å². The van der Waals surface area contributed by atoms with Crippen molar-refractivity contribution in [2.24, 2.45) is 0 Å². The number of nitrogens with two attached hydrogens (primary N) is 1. The van der Waals surface area contributed by atoms with E-state index in [0.717, 1.165) is 10.0 Å². The molecule has 2 N–H and O–H groups in total. The molecular weight excluding hydrogens is 346 g/mol. The standard InChI is InChI=1S/C16H18BrN3O2/c1-3-22-10-13-8-20(11(2)19-16(13)18)9-15(21)12-4-6-14(17)7-5-12/h4-8,18H,3,9-10H2,1-2H3/p+1. The molecule has 0 fully saturated rings. The van der Waals surface area contributed by atoms with Crippen molar-refractivity contribution < 1.29 is 14.1 Å². The Hall–Kier alpha value is -1.79. The second-order valence-corrected chi connectivity index (χ2v) is 5.81. The number of benzene rings is 1. The van der Waals surface area contributed by atoms with Crippen molar-refractivity contribution in [3.8, 4) is 0 Å². The van der Waals surface area contributed by atoms with E-state index in [2.05, 4.69) is 20.9 Å². The molecule has 0 unspecified atom stereocenters. The minimum atomic E-state index is 0.0227. The largest absolute Gasteiger partial charge is 0.377 e. The van der Waals surface area contributed by atoms with Crippen LogP contribution in [0.5, 0.6) is 0 Å². The van der Waals surface area contributed by atoms with Gasteiger partial charge in [0.25, 0.3) is 5.82 Å². The van der Waals surface area contributed by atoms with Crippen molar-refractivity contribution in [3.05, 3.63) is 51.9 Å². The molecule has 116 valence electrons. The molecule has 0 bridgehead atoms. The average molecular weight is 365 g/mol. The Morgan fingerprint density at radius 3 is 2.68 bits per heavy atom. The number of aryl methyl sites for hydroxylation is 1. The number of ether oxygens (including phenoxy) is 1. The third kappa shape index (κ3) is 4.11. The van der Waals surface area contributed by atoms with E-state index in [-0.39, 0.29) is 12.3 Å². The first-order valence-electron chi connectivity index (χ1n) is 7.03. The predicted molar refractivity (Wildman–Crippen MR) is 87.4 cm³/mol. The summed E-state index contributed by atoms with van der Waals surface area (Å²) in [5, 5.41) is 0. The second kappa shape index (κ2) is 7.47. The quantitative estimate of drug-likeness (QED) is 0.631. The maximum Gasteiger partial charge on any atom is 0.298 e. The van der Waals surface area contributed by atoms with Gasteiger partial charge in [0, 0.05) is 23.6 Å². The predicted octanol–water partition coefficient (Wildman–Crippen LogP) is 2.44. The molecule has 0 radical (unpaired) electrons. The van der Waals surface area contributed by atoms with Gasteiger partial charge in [0.05, 0.1) is 12.2 Å². The second-order valence-electron chi connectivity index (χ2n) is 4.89. The van der Waals surface area contributed by atoms with E-state index in [9.17, 15) is 4.79 Å². The number of nitrogen functional groups attached to an aromatic ring is 1. The van der Waals surface area contributed by atoms with Crippen LogP contribution < -0.4 is 10.3 Å². The first kappa shape index (κ1) is 16.6. The lowest BCUT2D eigenvalue weighted by molar-refractivity contribution is -0.692. The van der Waals surface area contributed by atoms with Gasteiger partial charge in [-0.05, 0) is 24.0 Å². The van der Waals surface area contributed by atoms with Crippen LogP contribution in [0.2, 0.25) is 0 Å². The summed E-state index contributed by atoms with van der Waals surface area (Å²) in [5.74, 6) is 1.16. The fourth-order valence-corrected chi connectivity index (χ4v) is 2.29.